The summed E-state index contributed by atoms with van der Waals surface area (Å²) in [6.45, 7) is 0.433. The van der Waals surface area contributed by atoms with Crippen molar-refractivity contribution >= 4 is 16.7 Å². The molecule has 8 nitrogen and oxygen atoms in total. The van der Waals surface area contributed by atoms with E-state index in [0.717, 1.165) is 27.8 Å². The molecule has 0 N–H and O–H groups in total. The number of nitrogens with zero attached hydrogens (tertiary/aromatic N) is 6. The lowest BCUT2D eigenvalue weighted by Crippen LogP contribution is -1.98. The molecule has 166 valence electrons. The van der Waals surface area contributed by atoms with Gasteiger partial charge < -0.3 is 9.47 Å². The van der Waals surface area contributed by atoms with Crippen molar-refractivity contribution in [2.75, 3.05) is 7.11 Å². The van der Waals surface area contributed by atoms with Gasteiger partial charge in [0.05, 0.1) is 24.4 Å². The minimum Gasteiger partial charge on any atom is -0.493 e. The van der Waals surface area contributed by atoms with Crippen molar-refractivity contribution in [1.29, 1.82) is 0 Å². The van der Waals surface area contributed by atoms with Crippen molar-refractivity contribution in [2.45, 2.75) is 6.61 Å². The van der Waals surface area contributed by atoms with E-state index in [4.69, 9.17) is 14.5 Å². The predicted molar refractivity (Wildman–Crippen MR) is 128 cm³/mol. The molecular weight excluding hydrogens is 428 g/mol. The molecule has 0 bridgehead atoms. The molecule has 3 aromatic carbocycles. The summed E-state index contributed by atoms with van der Waals surface area (Å²) in [5.41, 5.74) is 4.34. The summed E-state index contributed by atoms with van der Waals surface area (Å²) < 4.78 is 14.8. The van der Waals surface area contributed by atoms with E-state index in [-0.39, 0.29) is 0 Å². The summed E-state index contributed by atoms with van der Waals surface area (Å²) in [6.07, 6.45) is 3.45. The number of para-hydroxylation sites is 3. The molecule has 8 heteroatoms. The highest BCUT2D eigenvalue weighted by atomic mass is 16.5. The van der Waals surface area contributed by atoms with Crippen LogP contribution in [0, 0.1) is 0 Å². The Bertz CT molecular complexity index is 1590. The zero-order valence-corrected chi connectivity index (χ0v) is 18.4. The number of ether oxygens (including phenoxy) is 2. The molecule has 3 aromatic heterocycles. The second-order valence-corrected chi connectivity index (χ2v) is 7.71. The summed E-state index contributed by atoms with van der Waals surface area (Å²) in [4.78, 5) is 9.34. The van der Waals surface area contributed by atoms with Crippen molar-refractivity contribution < 1.29 is 9.47 Å². The number of methoxy groups -OCH3 is 1. The number of fused-ring (bicyclic) bond motifs is 3. The molecule has 0 saturated heterocycles. The van der Waals surface area contributed by atoms with E-state index in [0.29, 0.717) is 29.6 Å². The Morgan fingerprint density at radius 1 is 0.824 bits per heavy atom. The number of aromatic nitrogens is 6. The fourth-order valence-electron chi connectivity index (χ4n) is 3.85. The summed E-state index contributed by atoms with van der Waals surface area (Å²) in [5.74, 6) is 2.05. The first-order chi connectivity index (χ1) is 16.8. The minimum absolute atomic E-state index is 0.433. The van der Waals surface area contributed by atoms with Crippen LogP contribution in [-0.4, -0.2) is 36.5 Å². The Morgan fingerprint density at radius 3 is 2.38 bits per heavy atom. The first kappa shape index (κ1) is 19.9. The first-order valence-corrected chi connectivity index (χ1v) is 10.8. The Kier molecular flexibility index (Phi) is 4.88. The summed E-state index contributed by atoms with van der Waals surface area (Å²) in [5, 5.41) is 9.98. The molecule has 0 amide bonds. The fourth-order valence-corrected chi connectivity index (χ4v) is 3.85. The van der Waals surface area contributed by atoms with Gasteiger partial charge in [-0.3, -0.25) is 0 Å². The Balaban J connectivity index is 1.27. The fraction of sp³-hybridized carbons (Fsp3) is 0.0769. The van der Waals surface area contributed by atoms with Crippen LogP contribution in [0.1, 0.15) is 5.56 Å². The van der Waals surface area contributed by atoms with Crippen molar-refractivity contribution in [3.63, 3.8) is 0 Å². The Morgan fingerprint density at radius 2 is 1.59 bits per heavy atom. The average molecular weight is 448 g/mol. The summed E-state index contributed by atoms with van der Waals surface area (Å²) in [6, 6.07) is 25.5. The highest BCUT2D eigenvalue weighted by Crippen LogP contribution is 2.27. The zero-order chi connectivity index (χ0) is 22.9. The standard InChI is InChI=1S/C26H20N6O2/c1-33-22-9-5-6-10-23(22)34-16-18-11-13-19(14-12-18)24-29-26-21-15-28-32(20-7-3-2-4-8-20)25(21)27-17-31(26)30-24/h2-15,17H,16H2,1H3. The van der Waals surface area contributed by atoms with E-state index in [1.807, 2.05) is 78.9 Å². The van der Waals surface area contributed by atoms with E-state index in [1.54, 1.807) is 28.8 Å². The van der Waals surface area contributed by atoms with Gasteiger partial charge in [-0.2, -0.15) is 5.10 Å². The van der Waals surface area contributed by atoms with Crippen LogP contribution in [0.4, 0.5) is 0 Å². The highest BCUT2D eigenvalue weighted by Gasteiger charge is 2.14. The zero-order valence-electron chi connectivity index (χ0n) is 18.4. The van der Waals surface area contributed by atoms with Gasteiger partial charge in [-0.15, -0.1) is 5.10 Å². The SMILES string of the molecule is COc1ccccc1OCc1ccc(-c2nc3c4cnn(-c5ccccc5)c4ncn3n2)cc1. The molecule has 0 aliphatic carbocycles. The van der Waals surface area contributed by atoms with Gasteiger partial charge in [0.1, 0.15) is 12.9 Å². The molecule has 0 atom stereocenters. The molecule has 34 heavy (non-hydrogen) atoms. The Labute approximate surface area is 195 Å². The lowest BCUT2D eigenvalue weighted by molar-refractivity contribution is 0.284. The van der Waals surface area contributed by atoms with Crippen molar-refractivity contribution in [1.82, 2.24) is 29.4 Å². The largest absolute Gasteiger partial charge is 0.493 e. The van der Waals surface area contributed by atoms with Gasteiger partial charge in [-0.1, -0.05) is 54.6 Å². The van der Waals surface area contributed by atoms with E-state index >= 15 is 0 Å². The number of hydrogen-bond acceptors (Lipinski definition) is 6. The number of hydrogen-bond donors (Lipinski definition) is 0. The molecule has 0 unspecified atom stereocenters. The maximum absolute atomic E-state index is 5.92. The summed E-state index contributed by atoms with van der Waals surface area (Å²) >= 11 is 0. The molecule has 6 rings (SSSR count). The van der Waals surface area contributed by atoms with Gasteiger partial charge in [0.15, 0.2) is 28.6 Å². The molecule has 0 saturated carbocycles. The number of rotatable bonds is 6. The maximum Gasteiger partial charge on any atom is 0.182 e. The minimum atomic E-state index is 0.433. The van der Waals surface area contributed by atoms with Crippen LogP contribution < -0.4 is 9.47 Å². The monoisotopic (exact) mass is 448 g/mol. The van der Waals surface area contributed by atoms with Crippen LogP contribution in [0.3, 0.4) is 0 Å². The van der Waals surface area contributed by atoms with Gasteiger partial charge in [0, 0.05) is 5.56 Å². The van der Waals surface area contributed by atoms with E-state index in [1.165, 1.54) is 0 Å². The van der Waals surface area contributed by atoms with Crippen molar-refractivity contribution in [3.8, 4) is 28.6 Å². The third-order valence-corrected chi connectivity index (χ3v) is 5.58. The van der Waals surface area contributed by atoms with Crippen LogP contribution >= 0.6 is 0 Å². The molecule has 3 heterocycles. The molecule has 0 radical (unpaired) electrons. The van der Waals surface area contributed by atoms with Crippen molar-refractivity contribution in [2.24, 2.45) is 0 Å². The van der Waals surface area contributed by atoms with Crippen molar-refractivity contribution in [3.05, 3.63) is 97.0 Å². The molecular formula is C26H20N6O2. The second kappa shape index (κ2) is 8.32. The molecule has 0 spiro atoms. The van der Waals surface area contributed by atoms with Crippen LogP contribution in [0.15, 0.2) is 91.4 Å². The quantitative estimate of drug-likeness (QED) is 0.367. The second-order valence-electron chi connectivity index (χ2n) is 7.71. The van der Waals surface area contributed by atoms with Gasteiger partial charge in [-0.05, 0) is 29.8 Å². The van der Waals surface area contributed by atoms with Gasteiger partial charge in [-0.25, -0.2) is 19.2 Å². The average Bonchev–Trinajstić information content (AvgIpc) is 3.53. The van der Waals surface area contributed by atoms with Crippen LogP contribution in [0.25, 0.3) is 33.8 Å². The molecule has 0 aliphatic heterocycles. The van der Waals surface area contributed by atoms with Gasteiger partial charge >= 0.3 is 0 Å². The molecule has 0 aliphatic rings. The third kappa shape index (κ3) is 3.51. The van der Waals surface area contributed by atoms with Gasteiger partial charge in [0.2, 0.25) is 0 Å². The number of benzene rings is 3. The third-order valence-electron chi connectivity index (χ3n) is 5.58. The lowest BCUT2D eigenvalue weighted by atomic mass is 10.1. The van der Waals surface area contributed by atoms with Crippen LogP contribution in [0.5, 0.6) is 11.5 Å². The topological polar surface area (TPSA) is 79.4 Å². The Hall–Kier alpha value is -4.72. The lowest BCUT2D eigenvalue weighted by Gasteiger charge is -2.10. The molecule has 0 fully saturated rings. The maximum atomic E-state index is 5.92. The van der Waals surface area contributed by atoms with E-state index in [2.05, 4.69) is 15.2 Å². The van der Waals surface area contributed by atoms with E-state index < -0.39 is 0 Å². The summed E-state index contributed by atoms with van der Waals surface area (Å²) in [7, 11) is 1.63. The van der Waals surface area contributed by atoms with Crippen LogP contribution in [0.2, 0.25) is 0 Å². The normalized spacial score (nSPS) is 11.2. The smallest absolute Gasteiger partial charge is 0.182 e. The highest BCUT2D eigenvalue weighted by molar-refractivity contribution is 5.89. The first-order valence-electron chi connectivity index (χ1n) is 10.8. The van der Waals surface area contributed by atoms with Gasteiger partial charge in [0.25, 0.3) is 0 Å². The molecule has 6 aromatic rings. The predicted octanol–water partition coefficient (Wildman–Crippen LogP) is 4.72. The van der Waals surface area contributed by atoms with Crippen LogP contribution in [-0.2, 0) is 6.61 Å². The van der Waals surface area contributed by atoms with E-state index in [9.17, 15) is 0 Å².